The average Bonchev–Trinajstić information content (AvgIpc) is 2.27. The van der Waals surface area contributed by atoms with E-state index in [-0.39, 0.29) is 24.4 Å². The van der Waals surface area contributed by atoms with Crippen molar-refractivity contribution in [2.75, 3.05) is 6.61 Å². The smallest absolute Gasteiger partial charge is 0.251 e. The summed E-state index contributed by atoms with van der Waals surface area (Å²) in [6, 6.07) is 3.79. The first-order valence-corrected chi connectivity index (χ1v) is 6.12. The van der Waals surface area contributed by atoms with E-state index >= 15 is 0 Å². The highest BCUT2D eigenvalue weighted by molar-refractivity contribution is 5.95. The molecular formula is C14H20FNO2. The number of aliphatic hydroxyl groups excluding tert-OH is 1. The summed E-state index contributed by atoms with van der Waals surface area (Å²) in [5.74, 6) is -0.242. The zero-order chi connectivity index (χ0) is 13.7. The molecule has 100 valence electrons. The summed E-state index contributed by atoms with van der Waals surface area (Å²) in [6.45, 7) is 5.65. The van der Waals surface area contributed by atoms with Gasteiger partial charge in [-0.3, -0.25) is 4.79 Å². The van der Waals surface area contributed by atoms with Crippen molar-refractivity contribution in [2.24, 2.45) is 5.92 Å². The van der Waals surface area contributed by atoms with Crippen molar-refractivity contribution in [3.8, 4) is 0 Å². The number of aliphatic hydroxyl groups is 1. The number of halogens is 1. The molecule has 0 fully saturated rings. The van der Waals surface area contributed by atoms with Crippen LogP contribution in [0.3, 0.4) is 0 Å². The Hall–Kier alpha value is -1.42. The van der Waals surface area contributed by atoms with Crippen LogP contribution in [0.1, 0.15) is 36.2 Å². The van der Waals surface area contributed by atoms with Crippen molar-refractivity contribution in [3.63, 3.8) is 0 Å². The topological polar surface area (TPSA) is 49.3 Å². The molecule has 4 heteroatoms. The van der Waals surface area contributed by atoms with Gasteiger partial charge in [0, 0.05) is 5.56 Å². The molecule has 3 nitrogen and oxygen atoms in total. The lowest BCUT2D eigenvalue weighted by Crippen LogP contribution is -2.38. The van der Waals surface area contributed by atoms with Crippen molar-refractivity contribution in [1.29, 1.82) is 0 Å². The molecule has 2 N–H and O–H groups in total. The fourth-order valence-corrected chi connectivity index (χ4v) is 1.89. The average molecular weight is 253 g/mol. The Morgan fingerprint density at radius 2 is 2.11 bits per heavy atom. The first-order valence-electron chi connectivity index (χ1n) is 6.12. The zero-order valence-electron chi connectivity index (χ0n) is 11.0. The summed E-state index contributed by atoms with van der Waals surface area (Å²) < 4.78 is 12.9. The van der Waals surface area contributed by atoms with Crippen LogP contribution in [0.25, 0.3) is 0 Å². The number of benzene rings is 1. The van der Waals surface area contributed by atoms with Crippen LogP contribution in [0.4, 0.5) is 4.39 Å². The molecule has 0 aromatic heterocycles. The van der Waals surface area contributed by atoms with Gasteiger partial charge in [-0.2, -0.15) is 0 Å². The lowest BCUT2D eigenvalue weighted by molar-refractivity contribution is 0.0907. The Labute approximate surface area is 107 Å². The van der Waals surface area contributed by atoms with Crippen LogP contribution in [-0.4, -0.2) is 23.7 Å². The number of aryl methyl sites for hydroxylation is 1. The summed E-state index contributed by atoms with van der Waals surface area (Å²) in [5.41, 5.74) is 1.03. The summed E-state index contributed by atoms with van der Waals surface area (Å²) in [5, 5.41) is 12.0. The lowest BCUT2D eigenvalue weighted by Gasteiger charge is -2.18. The molecule has 18 heavy (non-hydrogen) atoms. The molecular weight excluding hydrogens is 233 g/mol. The van der Waals surface area contributed by atoms with Crippen molar-refractivity contribution in [2.45, 2.75) is 33.2 Å². The van der Waals surface area contributed by atoms with E-state index in [4.69, 9.17) is 0 Å². The van der Waals surface area contributed by atoms with Crippen LogP contribution in [0.2, 0.25) is 0 Å². The van der Waals surface area contributed by atoms with Gasteiger partial charge in [0.05, 0.1) is 12.6 Å². The third-order valence-corrected chi connectivity index (χ3v) is 2.74. The van der Waals surface area contributed by atoms with Crippen molar-refractivity contribution < 1.29 is 14.3 Å². The van der Waals surface area contributed by atoms with Gasteiger partial charge in [-0.05, 0) is 43.0 Å². The molecule has 0 saturated carbocycles. The van der Waals surface area contributed by atoms with Gasteiger partial charge in [0.2, 0.25) is 0 Å². The van der Waals surface area contributed by atoms with Gasteiger partial charge in [-0.15, -0.1) is 0 Å². The van der Waals surface area contributed by atoms with Gasteiger partial charge in [-0.25, -0.2) is 4.39 Å². The second-order valence-corrected chi connectivity index (χ2v) is 4.94. The monoisotopic (exact) mass is 253 g/mol. The highest BCUT2D eigenvalue weighted by Gasteiger charge is 2.15. The molecule has 0 heterocycles. The van der Waals surface area contributed by atoms with Gasteiger partial charge in [-0.1, -0.05) is 13.8 Å². The fourth-order valence-electron chi connectivity index (χ4n) is 1.89. The molecule has 1 amide bonds. The Kier molecular flexibility index (Phi) is 5.28. The van der Waals surface area contributed by atoms with Gasteiger partial charge < -0.3 is 10.4 Å². The molecule has 0 spiro atoms. The van der Waals surface area contributed by atoms with E-state index in [1.54, 1.807) is 6.92 Å². The van der Waals surface area contributed by atoms with E-state index < -0.39 is 0 Å². The number of amides is 1. The van der Waals surface area contributed by atoms with E-state index in [2.05, 4.69) is 5.32 Å². The molecule has 1 atom stereocenters. The van der Waals surface area contributed by atoms with Gasteiger partial charge in [0.15, 0.2) is 0 Å². The molecule has 1 aromatic rings. The van der Waals surface area contributed by atoms with Crippen LogP contribution < -0.4 is 5.32 Å². The largest absolute Gasteiger partial charge is 0.394 e. The Morgan fingerprint density at radius 1 is 1.44 bits per heavy atom. The summed E-state index contributed by atoms with van der Waals surface area (Å²) in [6.07, 6.45) is 0.711. The number of carbonyl (C=O) groups excluding carboxylic acids is 1. The summed E-state index contributed by atoms with van der Waals surface area (Å²) in [7, 11) is 0. The van der Waals surface area contributed by atoms with Crippen LogP contribution in [0.15, 0.2) is 18.2 Å². The minimum atomic E-state index is -0.357. The SMILES string of the molecule is Cc1cc(F)ccc1C(=O)NC(CO)CC(C)C. The third kappa shape index (κ3) is 4.11. The number of hydrogen-bond donors (Lipinski definition) is 2. The second kappa shape index (κ2) is 6.50. The van der Waals surface area contributed by atoms with E-state index in [1.807, 2.05) is 13.8 Å². The maximum absolute atomic E-state index is 12.9. The number of carbonyl (C=O) groups is 1. The second-order valence-electron chi connectivity index (χ2n) is 4.94. The predicted octanol–water partition coefficient (Wildman–Crippen LogP) is 2.27. The van der Waals surface area contributed by atoms with Crippen molar-refractivity contribution >= 4 is 5.91 Å². The molecule has 1 rings (SSSR count). The first-order chi connectivity index (χ1) is 8.43. The molecule has 0 saturated heterocycles. The molecule has 1 aromatic carbocycles. The molecule has 0 radical (unpaired) electrons. The summed E-state index contributed by atoms with van der Waals surface area (Å²) in [4.78, 5) is 12.0. The standard InChI is InChI=1S/C14H20FNO2/c1-9(2)6-12(8-17)16-14(18)13-5-4-11(15)7-10(13)3/h4-5,7,9,12,17H,6,8H2,1-3H3,(H,16,18). The quantitative estimate of drug-likeness (QED) is 0.845. The van der Waals surface area contributed by atoms with E-state index in [9.17, 15) is 14.3 Å². The lowest BCUT2D eigenvalue weighted by atomic mass is 10.0. The van der Waals surface area contributed by atoms with Crippen molar-refractivity contribution in [1.82, 2.24) is 5.32 Å². The zero-order valence-corrected chi connectivity index (χ0v) is 11.0. The van der Waals surface area contributed by atoms with Crippen LogP contribution in [0, 0.1) is 18.7 Å². The third-order valence-electron chi connectivity index (χ3n) is 2.74. The van der Waals surface area contributed by atoms with Crippen LogP contribution in [0.5, 0.6) is 0 Å². The fraction of sp³-hybridized carbons (Fsp3) is 0.500. The highest BCUT2D eigenvalue weighted by atomic mass is 19.1. The Bertz CT molecular complexity index is 418. The van der Waals surface area contributed by atoms with Gasteiger partial charge >= 0.3 is 0 Å². The molecule has 0 aliphatic heterocycles. The van der Waals surface area contributed by atoms with E-state index in [0.29, 0.717) is 23.5 Å². The summed E-state index contributed by atoms with van der Waals surface area (Å²) >= 11 is 0. The van der Waals surface area contributed by atoms with Crippen LogP contribution >= 0.6 is 0 Å². The van der Waals surface area contributed by atoms with Gasteiger partial charge in [0.1, 0.15) is 5.82 Å². The van der Waals surface area contributed by atoms with Gasteiger partial charge in [0.25, 0.3) is 5.91 Å². The first kappa shape index (κ1) is 14.6. The molecule has 1 unspecified atom stereocenters. The maximum atomic E-state index is 12.9. The van der Waals surface area contributed by atoms with E-state index in [1.165, 1.54) is 18.2 Å². The molecule has 0 bridgehead atoms. The maximum Gasteiger partial charge on any atom is 0.251 e. The normalized spacial score (nSPS) is 12.6. The van der Waals surface area contributed by atoms with Crippen molar-refractivity contribution in [3.05, 3.63) is 35.1 Å². The minimum Gasteiger partial charge on any atom is -0.394 e. The Morgan fingerprint density at radius 3 is 2.61 bits per heavy atom. The number of rotatable bonds is 5. The minimum absolute atomic E-state index is 0.0931. The number of nitrogens with one attached hydrogen (secondary N) is 1. The van der Waals surface area contributed by atoms with Crippen LogP contribution in [-0.2, 0) is 0 Å². The predicted molar refractivity (Wildman–Crippen MR) is 68.9 cm³/mol. The molecule has 0 aliphatic rings. The Balaban J connectivity index is 2.74. The van der Waals surface area contributed by atoms with E-state index in [0.717, 1.165) is 0 Å². The number of hydrogen-bond acceptors (Lipinski definition) is 2. The molecule has 0 aliphatic carbocycles. The highest BCUT2D eigenvalue weighted by Crippen LogP contribution is 2.11.